The quantitative estimate of drug-likeness (QED) is 0.486. The highest BCUT2D eigenvalue weighted by atomic mass is 16.5. The topological polar surface area (TPSA) is 67.4 Å². The molecule has 0 bridgehead atoms. The molecule has 1 amide bonds. The number of pyridine rings is 2. The number of anilines is 2. The Kier molecular flexibility index (Phi) is 5.75. The molecule has 4 aromatic rings. The fourth-order valence-corrected chi connectivity index (χ4v) is 4.26. The summed E-state index contributed by atoms with van der Waals surface area (Å²) in [6, 6.07) is 21.9. The SMILES string of the molecule is Cc1cc(C)nc(NC(=O)c2cccc3ccc(-c4cccc(N5CCOCC5)c4)nc23)c1. The molecule has 1 fully saturated rings. The maximum atomic E-state index is 13.1. The second kappa shape index (κ2) is 9.00. The second-order valence-electron chi connectivity index (χ2n) is 8.35. The van der Waals surface area contributed by atoms with Crippen LogP contribution in [0.25, 0.3) is 22.2 Å². The molecule has 33 heavy (non-hydrogen) atoms. The minimum atomic E-state index is -0.218. The third-order valence-electron chi connectivity index (χ3n) is 5.82. The molecule has 0 spiro atoms. The predicted molar refractivity (Wildman–Crippen MR) is 132 cm³/mol. The first kappa shape index (κ1) is 21.1. The summed E-state index contributed by atoms with van der Waals surface area (Å²) in [5.41, 5.74) is 6.13. The number of para-hydroxylation sites is 1. The summed E-state index contributed by atoms with van der Waals surface area (Å²) >= 11 is 0. The Balaban J connectivity index is 1.49. The molecule has 0 radical (unpaired) electrons. The first-order valence-corrected chi connectivity index (χ1v) is 11.2. The van der Waals surface area contributed by atoms with Crippen LogP contribution < -0.4 is 10.2 Å². The van der Waals surface area contributed by atoms with Crippen LogP contribution in [0.5, 0.6) is 0 Å². The Morgan fingerprint density at radius 3 is 2.58 bits per heavy atom. The van der Waals surface area contributed by atoms with E-state index in [-0.39, 0.29) is 5.91 Å². The van der Waals surface area contributed by atoms with Crippen molar-refractivity contribution in [3.63, 3.8) is 0 Å². The lowest BCUT2D eigenvalue weighted by molar-refractivity contribution is 0.102. The molecule has 2 aromatic heterocycles. The van der Waals surface area contributed by atoms with Gasteiger partial charge in [-0.05, 0) is 55.8 Å². The summed E-state index contributed by atoms with van der Waals surface area (Å²) < 4.78 is 5.48. The third-order valence-corrected chi connectivity index (χ3v) is 5.82. The number of benzene rings is 2. The van der Waals surface area contributed by atoms with Crippen molar-refractivity contribution in [3.05, 3.63) is 83.6 Å². The molecule has 6 nitrogen and oxygen atoms in total. The Morgan fingerprint density at radius 1 is 0.939 bits per heavy atom. The van der Waals surface area contributed by atoms with E-state index in [2.05, 4.69) is 39.5 Å². The molecule has 6 heteroatoms. The Bertz CT molecular complexity index is 1310. The Hall–Kier alpha value is -3.77. The number of nitrogens with one attached hydrogen (secondary N) is 1. The van der Waals surface area contributed by atoms with Crippen LogP contribution in [-0.4, -0.2) is 42.2 Å². The summed E-state index contributed by atoms with van der Waals surface area (Å²) in [5, 5.41) is 3.86. The highest BCUT2D eigenvalue weighted by molar-refractivity contribution is 6.11. The van der Waals surface area contributed by atoms with E-state index in [9.17, 15) is 4.79 Å². The molecule has 2 aromatic carbocycles. The molecule has 0 unspecified atom stereocenters. The molecule has 0 saturated carbocycles. The van der Waals surface area contributed by atoms with Crippen molar-refractivity contribution in [3.8, 4) is 11.3 Å². The van der Waals surface area contributed by atoms with Gasteiger partial charge in [0.1, 0.15) is 5.82 Å². The van der Waals surface area contributed by atoms with Crippen molar-refractivity contribution in [2.75, 3.05) is 36.5 Å². The van der Waals surface area contributed by atoms with E-state index in [0.29, 0.717) is 16.9 Å². The van der Waals surface area contributed by atoms with Crippen molar-refractivity contribution < 1.29 is 9.53 Å². The number of ether oxygens (including phenoxy) is 1. The molecule has 3 heterocycles. The zero-order valence-corrected chi connectivity index (χ0v) is 18.8. The Morgan fingerprint density at radius 2 is 1.76 bits per heavy atom. The summed E-state index contributed by atoms with van der Waals surface area (Å²) in [6.45, 7) is 7.15. The molecule has 5 rings (SSSR count). The van der Waals surface area contributed by atoms with E-state index >= 15 is 0 Å². The van der Waals surface area contributed by atoms with Crippen molar-refractivity contribution in [2.45, 2.75) is 13.8 Å². The average molecular weight is 439 g/mol. The van der Waals surface area contributed by atoms with E-state index in [4.69, 9.17) is 9.72 Å². The maximum absolute atomic E-state index is 13.1. The molecule has 1 aliphatic rings. The van der Waals surface area contributed by atoms with E-state index in [1.165, 1.54) is 0 Å². The van der Waals surface area contributed by atoms with E-state index < -0.39 is 0 Å². The minimum Gasteiger partial charge on any atom is -0.378 e. The lowest BCUT2D eigenvalue weighted by Crippen LogP contribution is -2.36. The van der Waals surface area contributed by atoms with Crippen LogP contribution in [0.3, 0.4) is 0 Å². The number of aromatic nitrogens is 2. The lowest BCUT2D eigenvalue weighted by Gasteiger charge is -2.29. The molecule has 0 atom stereocenters. The number of rotatable bonds is 4. The average Bonchev–Trinajstić information content (AvgIpc) is 2.83. The van der Waals surface area contributed by atoms with E-state index in [0.717, 1.165) is 59.9 Å². The van der Waals surface area contributed by atoms with Crippen LogP contribution >= 0.6 is 0 Å². The molecule has 166 valence electrons. The van der Waals surface area contributed by atoms with Crippen LogP contribution in [-0.2, 0) is 4.74 Å². The van der Waals surface area contributed by atoms with Gasteiger partial charge in [-0.2, -0.15) is 0 Å². The lowest BCUT2D eigenvalue weighted by atomic mass is 10.1. The number of morpholine rings is 1. The smallest absolute Gasteiger partial charge is 0.259 e. The zero-order chi connectivity index (χ0) is 22.8. The van der Waals surface area contributed by atoms with E-state index in [1.54, 1.807) is 6.07 Å². The van der Waals surface area contributed by atoms with Gasteiger partial charge < -0.3 is 15.0 Å². The van der Waals surface area contributed by atoms with Crippen molar-refractivity contribution >= 4 is 28.3 Å². The van der Waals surface area contributed by atoms with Crippen LogP contribution in [0.1, 0.15) is 21.6 Å². The molecule has 1 saturated heterocycles. The summed E-state index contributed by atoms with van der Waals surface area (Å²) in [6.07, 6.45) is 0. The summed E-state index contributed by atoms with van der Waals surface area (Å²) in [5.74, 6) is 0.327. The van der Waals surface area contributed by atoms with Gasteiger partial charge in [-0.3, -0.25) is 4.79 Å². The second-order valence-corrected chi connectivity index (χ2v) is 8.35. The number of carbonyl (C=O) groups is 1. The molecule has 1 aliphatic heterocycles. The van der Waals surface area contributed by atoms with Crippen molar-refractivity contribution in [1.82, 2.24) is 9.97 Å². The number of amides is 1. The van der Waals surface area contributed by atoms with Crippen molar-refractivity contribution in [2.24, 2.45) is 0 Å². The number of hydrogen-bond donors (Lipinski definition) is 1. The number of carbonyl (C=O) groups excluding carboxylic acids is 1. The number of hydrogen-bond acceptors (Lipinski definition) is 5. The predicted octanol–water partition coefficient (Wildman–Crippen LogP) is 5.00. The Labute approximate surface area is 193 Å². The van der Waals surface area contributed by atoms with Crippen LogP contribution in [0, 0.1) is 13.8 Å². The standard InChI is InChI=1S/C27H26N4O2/c1-18-15-19(2)28-25(16-18)30-27(32)23-8-4-5-20-9-10-24(29-26(20)23)21-6-3-7-22(17-21)31-11-13-33-14-12-31/h3-10,15-17H,11-14H2,1-2H3,(H,28,30,32). The first-order chi connectivity index (χ1) is 16.1. The fraction of sp³-hybridized carbons (Fsp3) is 0.222. The van der Waals surface area contributed by atoms with Gasteiger partial charge in [0, 0.05) is 35.4 Å². The van der Waals surface area contributed by atoms with Gasteiger partial charge in [0.2, 0.25) is 0 Å². The number of aryl methyl sites for hydroxylation is 2. The van der Waals surface area contributed by atoms with Crippen molar-refractivity contribution in [1.29, 1.82) is 0 Å². The van der Waals surface area contributed by atoms with Gasteiger partial charge in [-0.1, -0.05) is 30.3 Å². The fourth-order valence-electron chi connectivity index (χ4n) is 4.26. The van der Waals surface area contributed by atoms with Gasteiger partial charge in [0.05, 0.1) is 30.0 Å². The van der Waals surface area contributed by atoms with Gasteiger partial charge in [-0.15, -0.1) is 0 Å². The van der Waals surface area contributed by atoms with Gasteiger partial charge in [0.25, 0.3) is 5.91 Å². The summed E-state index contributed by atoms with van der Waals surface area (Å²) in [7, 11) is 0. The molecular weight excluding hydrogens is 412 g/mol. The highest BCUT2D eigenvalue weighted by Crippen LogP contribution is 2.27. The largest absolute Gasteiger partial charge is 0.378 e. The normalized spacial score (nSPS) is 13.8. The minimum absolute atomic E-state index is 0.218. The maximum Gasteiger partial charge on any atom is 0.259 e. The summed E-state index contributed by atoms with van der Waals surface area (Å²) in [4.78, 5) is 24.8. The monoisotopic (exact) mass is 438 g/mol. The van der Waals surface area contributed by atoms with Gasteiger partial charge in [-0.25, -0.2) is 9.97 Å². The number of nitrogens with zero attached hydrogens (tertiary/aromatic N) is 3. The van der Waals surface area contributed by atoms with E-state index in [1.807, 2.05) is 50.2 Å². The third kappa shape index (κ3) is 4.56. The number of fused-ring (bicyclic) bond motifs is 1. The highest BCUT2D eigenvalue weighted by Gasteiger charge is 2.15. The van der Waals surface area contributed by atoms with Crippen LogP contribution in [0.15, 0.2) is 66.7 Å². The molecule has 1 N–H and O–H groups in total. The first-order valence-electron chi connectivity index (χ1n) is 11.2. The van der Waals surface area contributed by atoms with Gasteiger partial charge in [0.15, 0.2) is 0 Å². The van der Waals surface area contributed by atoms with Crippen LogP contribution in [0.2, 0.25) is 0 Å². The molecular formula is C27H26N4O2. The molecule has 0 aliphatic carbocycles. The van der Waals surface area contributed by atoms with Crippen LogP contribution in [0.4, 0.5) is 11.5 Å². The zero-order valence-electron chi connectivity index (χ0n) is 18.8. The van der Waals surface area contributed by atoms with Gasteiger partial charge >= 0.3 is 0 Å².